The van der Waals surface area contributed by atoms with Crippen LogP contribution >= 0.6 is 0 Å². The van der Waals surface area contributed by atoms with Crippen LogP contribution in [-0.2, 0) is 4.79 Å². The van der Waals surface area contributed by atoms with E-state index in [1.54, 1.807) is 7.05 Å². The van der Waals surface area contributed by atoms with Gasteiger partial charge in [0.1, 0.15) is 0 Å². The Hall–Kier alpha value is -0.570. The van der Waals surface area contributed by atoms with Crippen molar-refractivity contribution in [3.05, 3.63) is 0 Å². The molecule has 1 amide bonds. The van der Waals surface area contributed by atoms with Gasteiger partial charge in [0.05, 0.1) is 6.54 Å². The lowest BCUT2D eigenvalue weighted by Gasteiger charge is -2.09. The molecular formula is C7H16N2O. The van der Waals surface area contributed by atoms with E-state index >= 15 is 0 Å². The van der Waals surface area contributed by atoms with Crippen LogP contribution in [0.3, 0.4) is 0 Å². The summed E-state index contributed by atoms with van der Waals surface area (Å²) in [6.45, 7) is 4.57. The van der Waals surface area contributed by atoms with Gasteiger partial charge in [-0.05, 0) is 13.3 Å². The van der Waals surface area contributed by atoms with Crippen molar-refractivity contribution in [2.45, 2.75) is 26.3 Å². The number of nitrogens with one attached hydrogen (secondary N) is 2. The normalized spacial score (nSPS) is 12.7. The van der Waals surface area contributed by atoms with Gasteiger partial charge in [0.15, 0.2) is 0 Å². The third-order valence-corrected chi connectivity index (χ3v) is 1.50. The average molecular weight is 144 g/mol. The van der Waals surface area contributed by atoms with E-state index in [2.05, 4.69) is 24.5 Å². The fourth-order valence-corrected chi connectivity index (χ4v) is 0.500. The molecule has 10 heavy (non-hydrogen) atoms. The molecule has 0 bridgehead atoms. The summed E-state index contributed by atoms with van der Waals surface area (Å²) < 4.78 is 0. The van der Waals surface area contributed by atoms with E-state index in [4.69, 9.17) is 0 Å². The molecule has 0 saturated heterocycles. The van der Waals surface area contributed by atoms with Crippen molar-refractivity contribution >= 4 is 5.91 Å². The molecule has 0 aliphatic heterocycles. The first kappa shape index (κ1) is 9.43. The van der Waals surface area contributed by atoms with Gasteiger partial charge < -0.3 is 10.6 Å². The molecule has 0 heterocycles. The van der Waals surface area contributed by atoms with Crippen molar-refractivity contribution in [3.8, 4) is 0 Å². The highest BCUT2D eigenvalue weighted by Crippen LogP contribution is 1.85. The molecular weight excluding hydrogens is 128 g/mol. The van der Waals surface area contributed by atoms with Crippen molar-refractivity contribution in [2.24, 2.45) is 0 Å². The molecule has 0 aliphatic rings. The van der Waals surface area contributed by atoms with E-state index in [0.29, 0.717) is 12.6 Å². The molecule has 1 atom stereocenters. The summed E-state index contributed by atoms with van der Waals surface area (Å²) in [4.78, 5) is 10.7. The van der Waals surface area contributed by atoms with Crippen LogP contribution in [0.25, 0.3) is 0 Å². The second-order valence-electron chi connectivity index (χ2n) is 2.36. The van der Waals surface area contributed by atoms with E-state index in [9.17, 15) is 4.79 Å². The Morgan fingerprint density at radius 1 is 1.60 bits per heavy atom. The molecule has 0 aromatic rings. The monoisotopic (exact) mass is 144 g/mol. The molecule has 0 radical (unpaired) electrons. The Kier molecular flexibility index (Phi) is 4.94. The third kappa shape index (κ3) is 4.32. The summed E-state index contributed by atoms with van der Waals surface area (Å²) in [6, 6.07) is 0.428. The maximum Gasteiger partial charge on any atom is 0.233 e. The third-order valence-electron chi connectivity index (χ3n) is 1.50. The van der Waals surface area contributed by atoms with E-state index in [0.717, 1.165) is 6.42 Å². The number of likely N-dealkylation sites (N-methyl/N-ethyl adjacent to an activating group) is 1. The summed E-state index contributed by atoms with van der Waals surface area (Å²) in [7, 11) is 1.64. The molecule has 0 aromatic heterocycles. The lowest BCUT2D eigenvalue weighted by Crippen LogP contribution is -2.36. The average Bonchev–Trinajstić information content (AvgIpc) is 1.99. The predicted octanol–water partition coefficient (Wildman–Crippen LogP) is 0.120. The Morgan fingerprint density at radius 3 is 2.60 bits per heavy atom. The smallest absolute Gasteiger partial charge is 0.233 e. The highest BCUT2D eigenvalue weighted by Gasteiger charge is 1.99. The molecule has 0 saturated carbocycles. The fourth-order valence-electron chi connectivity index (χ4n) is 0.500. The van der Waals surface area contributed by atoms with Crippen LogP contribution in [0, 0.1) is 0 Å². The maximum absolute atomic E-state index is 10.7. The number of carbonyl (C=O) groups excluding carboxylic acids is 1. The Balaban J connectivity index is 3.26. The molecule has 3 heteroatoms. The number of carbonyl (C=O) groups is 1. The van der Waals surface area contributed by atoms with Gasteiger partial charge in [-0.1, -0.05) is 6.92 Å². The highest BCUT2D eigenvalue weighted by molar-refractivity contribution is 5.77. The standard InChI is InChI=1S/C7H16N2O/c1-4-6(2)9-5-7(10)8-3/h6,9H,4-5H2,1-3H3,(H,8,10). The molecule has 3 nitrogen and oxygen atoms in total. The summed E-state index contributed by atoms with van der Waals surface area (Å²) in [5.41, 5.74) is 0. The van der Waals surface area contributed by atoms with E-state index in [1.807, 2.05) is 0 Å². The molecule has 60 valence electrons. The molecule has 0 aromatic carbocycles. The van der Waals surface area contributed by atoms with Crippen molar-refractivity contribution in [2.75, 3.05) is 13.6 Å². The minimum absolute atomic E-state index is 0.0419. The number of hydrogen-bond acceptors (Lipinski definition) is 2. The topological polar surface area (TPSA) is 41.1 Å². The van der Waals surface area contributed by atoms with Crippen LogP contribution in [0.2, 0.25) is 0 Å². The van der Waals surface area contributed by atoms with E-state index < -0.39 is 0 Å². The molecule has 0 fully saturated rings. The molecule has 0 aliphatic carbocycles. The van der Waals surface area contributed by atoms with Gasteiger partial charge in [-0.25, -0.2) is 0 Å². The zero-order valence-electron chi connectivity index (χ0n) is 6.90. The largest absolute Gasteiger partial charge is 0.358 e. The molecule has 0 spiro atoms. The molecule has 1 unspecified atom stereocenters. The van der Waals surface area contributed by atoms with Crippen molar-refractivity contribution in [3.63, 3.8) is 0 Å². The van der Waals surface area contributed by atoms with Crippen LogP contribution < -0.4 is 10.6 Å². The minimum atomic E-state index is 0.0419. The van der Waals surface area contributed by atoms with Crippen molar-refractivity contribution in [1.29, 1.82) is 0 Å². The van der Waals surface area contributed by atoms with Gasteiger partial charge in [0, 0.05) is 13.1 Å². The molecule has 2 N–H and O–H groups in total. The van der Waals surface area contributed by atoms with Gasteiger partial charge in [0.2, 0.25) is 5.91 Å². The molecule has 0 rings (SSSR count). The van der Waals surface area contributed by atoms with Crippen LogP contribution in [-0.4, -0.2) is 25.5 Å². The summed E-state index contributed by atoms with van der Waals surface area (Å²) in [5.74, 6) is 0.0419. The predicted molar refractivity (Wildman–Crippen MR) is 41.8 cm³/mol. The number of rotatable bonds is 4. The Morgan fingerprint density at radius 2 is 2.20 bits per heavy atom. The van der Waals surface area contributed by atoms with Crippen LogP contribution in [0.4, 0.5) is 0 Å². The fraction of sp³-hybridized carbons (Fsp3) is 0.857. The lowest BCUT2D eigenvalue weighted by molar-refractivity contribution is -0.119. The van der Waals surface area contributed by atoms with Crippen LogP contribution in [0.15, 0.2) is 0 Å². The number of hydrogen-bond donors (Lipinski definition) is 2. The van der Waals surface area contributed by atoms with Crippen molar-refractivity contribution in [1.82, 2.24) is 10.6 Å². The Bertz CT molecular complexity index is 104. The first-order valence-electron chi connectivity index (χ1n) is 3.64. The van der Waals surface area contributed by atoms with Gasteiger partial charge in [-0.2, -0.15) is 0 Å². The first-order valence-corrected chi connectivity index (χ1v) is 3.64. The summed E-state index contributed by atoms with van der Waals surface area (Å²) >= 11 is 0. The SMILES string of the molecule is CCC(C)NCC(=O)NC. The quantitative estimate of drug-likeness (QED) is 0.588. The summed E-state index contributed by atoms with van der Waals surface area (Å²) in [5, 5.41) is 5.61. The van der Waals surface area contributed by atoms with Gasteiger partial charge >= 0.3 is 0 Å². The highest BCUT2D eigenvalue weighted by atomic mass is 16.1. The first-order chi connectivity index (χ1) is 4.70. The zero-order chi connectivity index (χ0) is 7.98. The van der Waals surface area contributed by atoms with Crippen molar-refractivity contribution < 1.29 is 4.79 Å². The van der Waals surface area contributed by atoms with Crippen LogP contribution in [0.1, 0.15) is 20.3 Å². The zero-order valence-corrected chi connectivity index (χ0v) is 6.90. The van der Waals surface area contributed by atoms with E-state index in [-0.39, 0.29) is 5.91 Å². The van der Waals surface area contributed by atoms with Crippen LogP contribution in [0.5, 0.6) is 0 Å². The minimum Gasteiger partial charge on any atom is -0.358 e. The Labute approximate surface area is 62.2 Å². The maximum atomic E-state index is 10.7. The second-order valence-corrected chi connectivity index (χ2v) is 2.36. The second kappa shape index (κ2) is 5.23. The van der Waals surface area contributed by atoms with Gasteiger partial charge in [0.25, 0.3) is 0 Å². The number of amides is 1. The van der Waals surface area contributed by atoms with Gasteiger partial charge in [-0.15, -0.1) is 0 Å². The van der Waals surface area contributed by atoms with E-state index in [1.165, 1.54) is 0 Å². The summed E-state index contributed by atoms with van der Waals surface area (Å²) in [6.07, 6.45) is 1.05. The van der Waals surface area contributed by atoms with Gasteiger partial charge in [-0.3, -0.25) is 4.79 Å². The lowest BCUT2D eigenvalue weighted by atomic mass is 10.2.